The maximum absolute atomic E-state index is 8.98. The van der Waals surface area contributed by atoms with Gasteiger partial charge in [0.15, 0.2) is 0 Å². The molecule has 0 bridgehead atoms. The van der Waals surface area contributed by atoms with Crippen LogP contribution in [0.2, 0.25) is 0 Å². The Morgan fingerprint density at radius 2 is 2.00 bits per heavy atom. The summed E-state index contributed by atoms with van der Waals surface area (Å²) in [5.74, 6) is 0. The second-order valence-electron chi connectivity index (χ2n) is 4.23. The lowest BCUT2D eigenvalue weighted by Gasteiger charge is -2.23. The monoisotopic (exact) mass is 190 g/mol. The zero-order valence-corrected chi connectivity index (χ0v) is 9.17. The third-order valence-corrected chi connectivity index (χ3v) is 1.92. The van der Waals surface area contributed by atoms with Crippen LogP contribution < -0.4 is 0 Å². The minimum absolute atomic E-state index is 0.138. The molecular weight excluding hydrogens is 168 g/mol. The van der Waals surface area contributed by atoms with Crippen molar-refractivity contribution in [1.82, 2.24) is 0 Å². The molecule has 80 valence electrons. The van der Waals surface area contributed by atoms with Crippen molar-refractivity contribution >= 4 is 0 Å². The van der Waals surface area contributed by atoms with Gasteiger partial charge in [-0.25, -0.2) is 0 Å². The molecule has 0 rings (SSSR count). The van der Waals surface area contributed by atoms with E-state index in [-0.39, 0.29) is 18.1 Å². The summed E-state index contributed by atoms with van der Waals surface area (Å²) in [6.07, 6.45) is 1.10. The van der Waals surface area contributed by atoms with E-state index >= 15 is 0 Å². The molecule has 0 saturated carbocycles. The molecule has 1 N–H and O–H groups in total. The van der Waals surface area contributed by atoms with Gasteiger partial charge in [-0.05, 0) is 13.3 Å². The SMILES string of the molecule is COCCC(C)OCC(C)(C)CO. The number of aliphatic hydroxyl groups is 1. The first-order valence-electron chi connectivity index (χ1n) is 4.73. The van der Waals surface area contributed by atoms with Gasteiger partial charge in [0.1, 0.15) is 0 Å². The van der Waals surface area contributed by atoms with Crippen molar-refractivity contribution in [2.45, 2.75) is 33.3 Å². The molecule has 3 heteroatoms. The maximum atomic E-state index is 8.98. The van der Waals surface area contributed by atoms with Crippen LogP contribution in [0.25, 0.3) is 0 Å². The van der Waals surface area contributed by atoms with Crippen LogP contribution in [0.4, 0.5) is 0 Å². The van der Waals surface area contributed by atoms with E-state index in [1.807, 2.05) is 20.8 Å². The number of aliphatic hydroxyl groups excluding tert-OH is 1. The second kappa shape index (κ2) is 6.35. The molecule has 0 aliphatic heterocycles. The lowest BCUT2D eigenvalue weighted by molar-refractivity contribution is -0.0203. The molecule has 0 spiro atoms. The molecule has 0 aliphatic carbocycles. The molecule has 3 nitrogen and oxygen atoms in total. The molecule has 0 radical (unpaired) electrons. The summed E-state index contributed by atoms with van der Waals surface area (Å²) in [7, 11) is 1.68. The van der Waals surface area contributed by atoms with Crippen molar-refractivity contribution in [2.24, 2.45) is 5.41 Å². The Kier molecular flexibility index (Phi) is 6.29. The first-order valence-corrected chi connectivity index (χ1v) is 4.73. The van der Waals surface area contributed by atoms with Crippen LogP contribution in [0.3, 0.4) is 0 Å². The van der Waals surface area contributed by atoms with E-state index in [1.165, 1.54) is 0 Å². The first-order chi connectivity index (χ1) is 6.02. The highest BCUT2D eigenvalue weighted by Crippen LogP contribution is 2.15. The molecule has 0 aromatic rings. The summed E-state index contributed by atoms with van der Waals surface area (Å²) in [4.78, 5) is 0. The molecular formula is C10H22O3. The Morgan fingerprint density at radius 3 is 2.46 bits per heavy atom. The Morgan fingerprint density at radius 1 is 1.38 bits per heavy atom. The summed E-state index contributed by atoms with van der Waals surface area (Å²) >= 11 is 0. The van der Waals surface area contributed by atoms with E-state index < -0.39 is 0 Å². The molecule has 0 amide bonds. The van der Waals surface area contributed by atoms with Crippen LogP contribution in [0, 0.1) is 5.41 Å². The number of hydrogen-bond donors (Lipinski definition) is 1. The van der Waals surface area contributed by atoms with Crippen molar-refractivity contribution in [3.63, 3.8) is 0 Å². The molecule has 13 heavy (non-hydrogen) atoms. The van der Waals surface area contributed by atoms with Gasteiger partial charge in [0.05, 0.1) is 19.3 Å². The summed E-state index contributed by atoms with van der Waals surface area (Å²) in [6.45, 7) is 7.46. The fourth-order valence-corrected chi connectivity index (χ4v) is 0.781. The molecule has 0 fully saturated rings. The van der Waals surface area contributed by atoms with Crippen LogP contribution in [0.15, 0.2) is 0 Å². The summed E-state index contributed by atoms with van der Waals surface area (Å²) in [5.41, 5.74) is -0.138. The Bertz CT molecular complexity index is 123. The van der Waals surface area contributed by atoms with Gasteiger partial charge in [-0.2, -0.15) is 0 Å². The topological polar surface area (TPSA) is 38.7 Å². The molecule has 0 aromatic carbocycles. The van der Waals surface area contributed by atoms with Gasteiger partial charge in [0, 0.05) is 19.1 Å². The summed E-state index contributed by atoms with van der Waals surface area (Å²) < 4.78 is 10.5. The average Bonchev–Trinajstić information content (AvgIpc) is 2.11. The highest BCUT2D eigenvalue weighted by Gasteiger charge is 2.17. The van der Waals surface area contributed by atoms with Gasteiger partial charge < -0.3 is 14.6 Å². The predicted octanol–water partition coefficient (Wildman–Crippen LogP) is 1.45. The molecule has 0 saturated heterocycles. The van der Waals surface area contributed by atoms with Gasteiger partial charge in [-0.1, -0.05) is 13.8 Å². The van der Waals surface area contributed by atoms with Gasteiger partial charge in [-0.3, -0.25) is 0 Å². The van der Waals surface area contributed by atoms with Crippen molar-refractivity contribution < 1.29 is 14.6 Å². The van der Waals surface area contributed by atoms with E-state index in [0.717, 1.165) is 13.0 Å². The molecule has 0 aliphatic rings. The number of methoxy groups -OCH3 is 1. The Balaban J connectivity index is 3.51. The first kappa shape index (κ1) is 12.9. The van der Waals surface area contributed by atoms with Crippen LogP contribution >= 0.6 is 0 Å². The van der Waals surface area contributed by atoms with Gasteiger partial charge in [-0.15, -0.1) is 0 Å². The minimum Gasteiger partial charge on any atom is -0.396 e. The van der Waals surface area contributed by atoms with E-state index in [9.17, 15) is 0 Å². The van der Waals surface area contributed by atoms with E-state index in [4.69, 9.17) is 14.6 Å². The maximum Gasteiger partial charge on any atom is 0.0569 e. The molecule has 0 heterocycles. The highest BCUT2D eigenvalue weighted by atomic mass is 16.5. The Labute approximate surface area is 81.0 Å². The van der Waals surface area contributed by atoms with Gasteiger partial charge >= 0.3 is 0 Å². The highest BCUT2D eigenvalue weighted by molar-refractivity contribution is 4.66. The van der Waals surface area contributed by atoms with Crippen LogP contribution in [-0.4, -0.2) is 38.1 Å². The van der Waals surface area contributed by atoms with Gasteiger partial charge in [0.25, 0.3) is 0 Å². The number of ether oxygens (including phenoxy) is 2. The zero-order valence-electron chi connectivity index (χ0n) is 9.17. The largest absolute Gasteiger partial charge is 0.396 e. The lowest BCUT2D eigenvalue weighted by Crippen LogP contribution is -2.26. The van der Waals surface area contributed by atoms with Gasteiger partial charge in [0.2, 0.25) is 0 Å². The Hall–Kier alpha value is -0.120. The molecule has 0 aromatic heterocycles. The summed E-state index contributed by atoms with van der Waals surface area (Å²) in [6, 6.07) is 0. The third kappa shape index (κ3) is 6.99. The van der Waals surface area contributed by atoms with E-state index in [0.29, 0.717) is 6.61 Å². The standard InChI is InChI=1S/C10H22O3/c1-9(5-6-12-4)13-8-10(2,3)7-11/h9,11H,5-8H2,1-4H3. The predicted molar refractivity (Wildman–Crippen MR) is 52.8 cm³/mol. The molecule has 1 unspecified atom stereocenters. The number of hydrogen-bond acceptors (Lipinski definition) is 3. The van der Waals surface area contributed by atoms with E-state index in [1.54, 1.807) is 7.11 Å². The normalized spacial score (nSPS) is 14.5. The smallest absolute Gasteiger partial charge is 0.0569 e. The molecule has 1 atom stereocenters. The van der Waals surface area contributed by atoms with Crippen molar-refractivity contribution in [2.75, 3.05) is 26.9 Å². The zero-order chi connectivity index (χ0) is 10.3. The lowest BCUT2D eigenvalue weighted by atomic mass is 9.96. The average molecular weight is 190 g/mol. The fourth-order valence-electron chi connectivity index (χ4n) is 0.781. The summed E-state index contributed by atoms with van der Waals surface area (Å²) in [5, 5.41) is 8.98. The van der Waals surface area contributed by atoms with Crippen molar-refractivity contribution in [1.29, 1.82) is 0 Å². The minimum atomic E-state index is -0.138. The van der Waals surface area contributed by atoms with Crippen molar-refractivity contribution in [3.8, 4) is 0 Å². The van der Waals surface area contributed by atoms with Crippen molar-refractivity contribution in [3.05, 3.63) is 0 Å². The third-order valence-electron chi connectivity index (χ3n) is 1.92. The number of rotatable bonds is 7. The van der Waals surface area contributed by atoms with Crippen LogP contribution in [-0.2, 0) is 9.47 Å². The van der Waals surface area contributed by atoms with Crippen LogP contribution in [0.5, 0.6) is 0 Å². The fraction of sp³-hybridized carbons (Fsp3) is 1.00. The van der Waals surface area contributed by atoms with Crippen LogP contribution in [0.1, 0.15) is 27.2 Å². The quantitative estimate of drug-likeness (QED) is 0.660. The van der Waals surface area contributed by atoms with E-state index in [2.05, 4.69) is 0 Å². The second-order valence-corrected chi connectivity index (χ2v) is 4.23.